The van der Waals surface area contributed by atoms with Gasteiger partial charge in [0.15, 0.2) is 0 Å². The SMILES string of the molecule is CCn1c(C)nc([N+](=O)[O-])c1NCC(N)c1ccccc1. The number of nitrogens with two attached hydrogens (primary N) is 1. The van der Waals surface area contributed by atoms with Gasteiger partial charge in [-0.1, -0.05) is 30.3 Å². The van der Waals surface area contributed by atoms with Crippen LogP contribution in [0.15, 0.2) is 30.3 Å². The van der Waals surface area contributed by atoms with Crippen LogP contribution in [-0.2, 0) is 6.54 Å². The van der Waals surface area contributed by atoms with Gasteiger partial charge in [0.1, 0.15) is 0 Å². The molecular formula is C14H19N5O2. The second-order valence-corrected chi connectivity index (χ2v) is 4.73. The van der Waals surface area contributed by atoms with Gasteiger partial charge in [0.05, 0.1) is 0 Å². The molecule has 0 aliphatic rings. The molecule has 112 valence electrons. The summed E-state index contributed by atoms with van der Waals surface area (Å²) in [6.07, 6.45) is 0. The van der Waals surface area contributed by atoms with Crippen LogP contribution in [0.25, 0.3) is 0 Å². The highest BCUT2D eigenvalue weighted by molar-refractivity contribution is 5.54. The first kappa shape index (κ1) is 15.0. The number of aromatic nitrogens is 2. The van der Waals surface area contributed by atoms with Crippen LogP contribution in [0.3, 0.4) is 0 Å². The van der Waals surface area contributed by atoms with Gasteiger partial charge in [-0.15, -0.1) is 0 Å². The monoisotopic (exact) mass is 289 g/mol. The first-order valence-corrected chi connectivity index (χ1v) is 6.80. The third-order valence-corrected chi connectivity index (χ3v) is 3.35. The van der Waals surface area contributed by atoms with E-state index < -0.39 is 4.92 Å². The van der Waals surface area contributed by atoms with E-state index in [0.717, 1.165) is 5.56 Å². The average molecular weight is 289 g/mol. The number of hydrogen-bond acceptors (Lipinski definition) is 5. The summed E-state index contributed by atoms with van der Waals surface area (Å²) in [6, 6.07) is 9.37. The molecule has 2 aromatic rings. The number of aryl methyl sites for hydroxylation is 1. The molecule has 1 atom stereocenters. The summed E-state index contributed by atoms with van der Waals surface area (Å²) in [5.41, 5.74) is 7.08. The van der Waals surface area contributed by atoms with Crippen LogP contribution in [0.2, 0.25) is 0 Å². The normalized spacial score (nSPS) is 12.1. The summed E-state index contributed by atoms with van der Waals surface area (Å²) in [4.78, 5) is 14.6. The average Bonchev–Trinajstić information content (AvgIpc) is 2.81. The Bertz CT molecular complexity index is 624. The highest BCUT2D eigenvalue weighted by Crippen LogP contribution is 2.25. The summed E-state index contributed by atoms with van der Waals surface area (Å²) in [5.74, 6) is 0.862. The van der Waals surface area contributed by atoms with E-state index in [-0.39, 0.29) is 11.9 Å². The van der Waals surface area contributed by atoms with E-state index in [4.69, 9.17) is 5.73 Å². The lowest BCUT2D eigenvalue weighted by atomic mass is 10.1. The molecule has 3 N–H and O–H groups in total. The maximum Gasteiger partial charge on any atom is 0.406 e. The molecule has 2 rings (SSSR count). The molecule has 1 aromatic heterocycles. The third kappa shape index (κ3) is 3.19. The number of benzene rings is 1. The van der Waals surface area contributed by atoms with Crippen LogP contribution in [0.4, 0.5) is 11.6 Å². The molecule has 0 bridgehead atoms. The molecule has 1 heterocycles. The number of nitro groups is 1. The Morgan fingerprint density at radius 2 is 2.10 bits per heavy atom. The molecule has 1 aromatic carbocycles. The van der Waals surface area contributed by atoms with Crippen molar-refractivity contribution < 1.29 is 4.92 Å². The van der Waals surface area contributed by atoms with Gasteiger partial charge in [-0.2, -0.15) is 0 Å². The topological polar surface area (TPSA) is 99.0 Å². The van der Waals surface area contributed by atoms with Gasteiger partial charge in [-0.05, 0) is 22.4 Å². The third-order valence-electron chi connectivity index (χ3n) is 3.35. The van der Waals surface area contributed by atoms with Crippen LogP contribution < -0.4 is 11.1 Å². The van der Waals surface area contributed by atoms with E-state index in [2.05, 4.69) is 10.3 Å². The summed E-state index contributed by atoms with van der Waals surface area (Å²) in [5, 5.41) is 14.1. The molecular weight excluding hydrogens is 270 g/mol. The molecule has 0 radical (unpaired) electrons. The van der Waals surface area contributed by atoms with Crippen molar-refractivity contribution in [2.24, 2.45) is 5.73 Å². The van der Waals surface area contributed by atoms with Crippen molar-refractivity contribution >= 4 is 11.6 Å². The van der Waals surface area contributed by atoms with Crippen LogP contribution in [0.1, 0.15) is 24.4 Å². The predicted molar refractivity (Wildman–Crippen MR) is 81.2 cm³/mol. The van der Waals surface area contributed by atoms with Gasteiger partial charge in [0.25, 0.3) is 0 Å². The highest BCUT2D eigenvalue weighted by atomic mass is 16.6. The van der Waals surface area contributed by atoms with Crippen molar-refractivity contribution in [2.75, 3.05) is 11.9 Å². The quantitative estimate of drug-likeness (QED) is 0.627. The smallest absolute Gasteiger partial charge is 0.362 e. The van der Waals surface area contributed by atoms with Crippen molar-refractivity contribution in [3.8, 4) is 0 Å². The first-order valence-electron chi connectivity index (χ1n) is 6.80. The van der Waals surface area contributed by atoms with Crippen molar-refractivity contribution in [3.63, 3.8) is 0 Å². The molecule has 0 saturated carbocycles. The lowest BCUT2D eigenvalue weighted by Crippen LogP contribution is -2.22. The lowest BCUT2D eigenvalue weighted by Gasteiger charge is -2.14. The minimum Gasteiger partial charge on any atom is -0.362 e. The predicted octanol–water partition coefficient (Wildman–Crippen LogP) is 2.23. The minimum atomic E-state index is -0.477. The van der Waals surface area contributed by atoms with Crippen LogP contribution >= 0.6 is 0 Å². The number of imidazole rings is 1. The zero-order valence-electron chi connectivity index (χ0n) is 12.1. The molecule has 7 nitrogen and oxygen atoms in total. The first-order chi connectivity index (χ1) is 10.0. The summed E-state index contributed by atoms with van der Waals surface area (Å²) in [6.45, 7) is 4.67. The Labute approximate surface area is 122 Å². The van der Waals surface area contributed by atoms with E-state index in [1.165, 1.54) is 0 Å². The van der Waals surface area contributed by atoms with Crippen LogP contribution in [0.5, 0.6) is 0 Å². The molecule has 0 fully saturated rings. The van der Waals surface area contributed by atoms with E-state index >= 15 is 0 Å². The van der Waals surface area contributed by atoms with Gasteiger partial charge in [-0.3, -0.25) is 4.57 Å². The van der Waals surface area contributed by atoms with Crippen LogP contribution in [-0.4, -0.2) is 21.0 Å². The molecule has 0 aliphatic heterocycles. The summed E-state index contributed by atoms with van der Waals surface area (Å²) >= 11 is 0. The lowest BCUT2D eigenvalue weighted by molar-refractivity contribution is -0.388. The standard InChI is InChI=1S/C14H19N5O2/c1-3-18-10(2)17-14(19(20)21)13(18)16-9-12(15)11-7-5-4-6-8-11/h4-8,12,16H,3,9,15H2,1-2H3. The van der Waals surface area contributed by atoms with E-state index in [0.29, 0.717) is 24.7 Å². The van der Waals surface area contributed by atoms with Gasteiger partial charge in [0, 0.05) is 26.1 Å². The summed E-state index contributed by atoms with van der Waals surface area (Å²) < 4.78 is 1.77. The number of nitrogens with zero attached hydrogens (tertiary/aromatic N) is 3. The minimum absolute atomic E-state index is 0.158. The molecule has 21 heavy (non-hydrogen) atoms. The number of hydrogen-bond donors (Lipinski definition) is 2. The fourth-order valence-corrected chi connectivity index (χ4v) is 2.26. The van der Waals surface area contributed by atoms with E-state index in [1.54, 1.807) is 11.5 Å². The fourth-order valence-electron chi connectivity index (χ4n) is 2.26. The van der Waals surface area contributed by atoms with Crippen molar-refractivity contribution in [2.45, 2.75) is 26.4 Å². The van der Waals surface area contributed by atoms with Crippen molar-refractivity contribution in [1.29, 1.82) is 0 Å². The van der Waals surface area contributed by atoms with Gasteiger partial charge >= 0.3 is 5.82 Å². The maximum atomic E-state index is 11.1. The Kier molecular flexibility index (Phi) is 4.54. The van der Waals surface area contributed by atoms with Crippen molar-refractivity contribution in [1.82, 2.24) is 9.55 Å². The highest BCUT2D eigenvalue weighted by Gasteiger charge is 2.24. The maximum absolute atomic E-state index is 11.1. The van der Waals surface area contributed by atoms with E-state index in [9.17, 15) is 10.1 Å². The largest absolute Gasteiger partial charge is 0.406 e. The fraction of sp³-hybridized carbons (Fsp3) is 0.357. The number of anilines is 1. The zero-order chi connectivity index (χ0) is 15.4. The van der Waals surface area contributed by atoms with Gasteiger partial charge < -0.3 is 21.2 Å². The Morgan fingerprint density at radius 3 is 2.67 bits per heavy atom. The second kappa shape index (κ2) is 6.36. The van der Waals surface area contributed by atoms with Crippen LogP contribution in [0, 0.1) is 17.0 Å². The number of nitrogens with one attached hydrogen (secondary N) is 1. The summed E-state index contributed by atoms with van der Waals surface area (Å²) in [7, 11) is 0. The molecule has 0 saturated heterocycles. The number of rotatable bonds is 6. The van der Waals surface area contributed by atoms with Gasteiger partial charge in [0.2, 0.25) is 11.6 Å². The Balaban J connectivity index is 2.18. The molecule has 7 heteroatoms. The second-order valence-electron chi connectivity index (χ2n) is 4.73. The molecule has 0 amide bonds. The van der Waals surface area contributed by atoms with Crippen molar-refractivity contribution in [3.05, 3.63) is 51.8 Å². The molecule has 0 aliphatic carbocycles. The zero-order valence-corrected chi connectivity index (χ0v) is 12.1. The Hall–Kier alpha value is -2.41. The van der Waals surface area contributed by atoms with E-state index in [1.807, 2.05) is 37.3 Å². The molecule has 0 spiro atoms. The Morgan fingerprint density at radius 1 is 1.43 bits per heavy atom. The molecule has 1 unspecified atom stereocenters. The van der Waals surface area contributed by atoms with Gasteiger partial charge in [-0.25, -0.2) is 0 Å².